The number of benzene rings is 1. The molecule has 0 bridgehead atoms. The molecule has 0 saturated carbocycles. The third kappa shape index (κ3) is 3.17. The van der Waals surface area contributed by atoms with Crippen LogP contribution in [0.3, 0.4) is 0 Å². The molecule has 2 aromatic rings. The number of halogens is 1. The highest BCUT2D eigenvalue weighted by Gasteiger charge is 2.18. The molecule has 108 valence electrons. The summed E-state index contributed by atoms with van der Waals surface area (Å²) in [6.07, 6.45) is 0. The fourth-order valence-corrected chi connectivity index (χ4v) is 2.48. The van der Waals surface area contributed by atoms with Crippen molar-refractivity contribution in [1.82, 2.24) is 4.98 Å². The second-order valence-electron chi connectivity index (χ2n) is 5.23. The highest BCUT2D eigenvalue weighted by atomic mass is 35.5. The zero-order valence-electron chi connectivity index (χ0n) is 12.7. The normalized spacial score (nSPS) is 11.8. The molecule has 1 atom stereocenters. The lowest BCUT2D eigenvalue weighted by Crippen LogP contribution is -2.24. The molecule has 0 fully saturated rings. The Kier molecular flexibility index (Phi) is 4.50. The molecule has 0 radical (unpaired) electrons. The van der Waals surface area contributed by atoms with E-state index in [1.165, 1.54) is 0 Å². The van der Waals surface area contributed by atoms with E-state index in [0.717, 1.165) is 27.7 Å². The van der Waals surface area contributed by atoms with Crippen molar-refractivity contribution >= 4 is 17.4 Å². The number of hydrogen-bond acceptors (Lipinski definition) is 3. The van der Waals surface area contributed by atoms with Crippen molar-refractivity contribution in [1.29, 1.82) is 5.26 Å². The molecular formula is C17H18ClN3. The minimum absolute atomic E-state index is 0.100. The molecule has 0 N–H and O–H groups in total. The standard InChI is InChI=1S/C17H18ClN3/c1-11-9-12(2)20-17(16(11)10-19)21(4)13(3)14-5-7-15(18)8-6-14/h5-9,13H,1-4H3. The Hall–Kier alpha value is -2.05. The van der Waals surface area contributed by atoms with E-state index in [1.54, 1.807) is 0 Å². The van der Waals surface area contributed by atoms with E-state index in [9.17, 15) is 5.26 Å². The van der Waals surface area contributed by atoms with Crippen molar-refractivity contribution in [3.05, 3.63) is 57.7 Å². The first kappa shape index (κ1) is 15.3. The maximum absolute atomic E-state index is 9.39. The lowest BCUT2D eigenvalue weighted by Gasteiger charge is -2.28. The van der Waals surface area contributed by atoms with Gasteiger partial charge in [-0.05, 0) is 50.1 Å². The number of aromatic nitrogens is 1. The molecule has 4 heteroatoms. The van der Waals surface area contributed by atoms with Gasteiger partial charge in [0.15, 0.2) is 0 Å². The van der Waals surface area contributed by atoms with E-state index in [0.29, 0.717) is 5.56 Å². The van der Waals surface area contributed by atoms with Crippen LogP contribution in [0.5, 0.6) is 0 Å². The summed E-state index contributed by atoms with van der Waals surface area (Å²) >= 11 is 5.93. The van der Waals surface area contributed by atoms with Crippen molar-refractivity contribution in [2.75, 3.05) is 11.9 Å². The third-order valence-corrected chi connectivity index (χ3v) is 3.96. The van der Waals surface area contributed by atoms with Gasteiger partial charge in [0.25, 0.3) is 0 Å². The Morgan fingerprint density at radius 2 is 1.86 bits per heavy atom. The van der Waals surface area contributed by atoms with Gasteiger partial charge in [-0.1, -0.05) is 23.7 Å². The van der Waals surface area contributed by atoms with Gasteiger partial charge in [0.2, 0.25) is 0 Å². The Balaban J connectivity index is 2.42. The highest BCUT2D eigenvalue weighted by molar-refractivity contribution is 6.30. The smallest absolute Gasteiger partial charge is 0.147 e. The van der Waals surface area contributed by atoms with E-state index in [4.69, 9.17) is 11.6 Å². The van der Waals surface area contributed by atoms with E-state index in [1.807, 2.05) is 56.1 Å². The van der Waals surface area contributed by atoms with Crippen molar-refractivity contribution in [2.45, 2.75) is 26.8 Å². The van der Waals surface area contributed by atoms with Crippen LogP contribution in [0, 0.1) is 25.2 Å². The maximum atomic E-state index is 9.39. The van der Waals surface area contributed by atoms with Crippen molar-refractivity contribution in [3.8, 4) is 6.07 Å². The van der Waals surface area contributed by atoms with Gasteiger partial charge in [-0.3, -0.25) is 0 Å². The van der Waals surface area contributed by atoms with Crippen LogP contribution >= 0.6 is 11.6 Å². The summed E-state index contributed by atoms with van der Waals surface area (Å²) in [5.41, 5.74) is 3.63. The molecule has 0 aliphatic carbocycles. The van der Waals surface area contributed by atoms with Crippen LogP contribution < -0.4 is 4.90 Å². The minimum atomic E-state index is 0.100. The molecule has 1 aromatic carbocycles. The molecule has 1 unspecified atom stereocenters. The van der Waals surface area contributed by atoms with Crippen LogP contribution in [0.4, 0.5) is 5.82 Å². The summed E-state index contributed by atoms with van der Waals surface area (Å²) in [7, 11) is 1.96. The summed E-state index contributed by atoms with van der Waals surface area (Å²) in [4.78, 5) is 6.58. The Labute approximate surface area is 130 Å². The van der Waals surface area contributed by atoms with Gasteiger partial charge in [0, 0.05) is 17.8 Å². The fraction of sp³-hybridized carbons (Fsp3) is 0.294. The first-order chi connectivity index (χ1) is 9.93. The first-order valence-corrected chi connectivity index (χ1v) is 7.18. The van der Waals surface area contributed by atoms with Gasteiger partial charge in [0.05, 0.1) is 11.6 Å². The maximum Gasteiger partial charge on any atom is 0.147 e. The number of hydrogen-bond donors (Lipinski definition) is 0. The Morgan fingerprint density at radius 3 is 2.43 bits per heavy atom. The van der Waals surface area contributed by atoms with E-state index >= 15 is 0 Å². The van der Waals surface area contributed by atoms with Crippen LogP contribution in [0.25, 0.3) is 0 Å². The van der Waals surface area contributed by atoms with Gasteiger partial charge in [0.1, 0.15) is 11.9 Å². The second-order valence-corrected chi connectivity index (χ2v) is 5.67. The van der Waals surface area contributed by atoms with Gasteiger partial charge in [-0.25, -0.2) is 4.98 Å². The number of nitriles is 1. The molecular weight excluding hydrogens is 282 g/mol. The summed E-state index contributed by atoms with van der Waals surface area (Å²) in [6, 6.07) is 12.0. The monoisotopic (exact) mass is 299 g/mol. The summed E-state index contributed by atoms with van der Waals surface area (Å²) in [5, 5.41) is 10.1. The molecule has 0 amide bonds. The van der Waals surface area contributed by atoms with Gasteiger partial charge >= 0.3 is 0 Å². The highest BCUT2D eigenvalue weighted by Crippen LogP contribution is 2.28. The zero-order valence-corrected chi connectivity index (χ0v) is 13.4. The summed E-state index contributed by atoms with van der Waals surface area (Å²) in [5.74, 6) is 0.720. The van der Waals surface area contributed by atoms with Crippen LogP contribution in [0.2, 0.25) is 5.02 Å². The van der Waals surface area contributed by atoms with Crippen LogP contribution in [-0.4, -0.2) is 12.0 Å². The van der Waals surface area contributed by atoms with Crippen molar-refractivity contribution < 1.29 is 0 Å². The quantitative estimate of drug-likeness (QED) is 0.842. The lowest BCUT2D eigenvalue weighted by molar-refractivity contribution is 0.725. The van der Waals surface area contributed by atoms with Crippen LogP contribution in [0.1, 0.15) is 35.3 Å². The topological polar surface area (TPSA) is 39.9 Å². The summed E-state index contributed by atoms with van der Waals surface area (Å²) < 4.78 is 0. The average Bonchev–Trinajstić information content (AvgIpc) is 2.46. The molecule has 3 nitrogen and oxygen atoms in total. The minimum Gasteiger partial charge on any atom is -0.352 e. The lowest BCUT2D eigenvalue weighted by atomic mass is 10.1. The Morgan fingerprint density at radius 1 is 1.24 bits per heavy atom. The molecule has 0 aliphatic heterocycles. The van der Waals surface area contributed by atoms with Crippen molar-refractivity contribution in [3.63, 3.8) is 0 Å². The van der Waals surface area contributed by atoms with Gasteiger partial charge in [-0.15, -0.1) is 0 Å². The predicted octanol–water partition coefficient (Wildman–Crippen LogP) is 4.42. The van der Waals surface area contributed by atoms with Crippen LogP contribution in [0.15, 0.2) is 30.3 Å². The molecule has 21 heavy (non-hydrogen) atoms. The van der Waals surface area contributed by atoms with E-state index < -0.39 is 0 Å². The van der Waals surface area contributed by atoms with E-state index in [-0.39, 0.29) is 6.04 Å². The van der Waals surface area contributed by atoms with Crippen LogP contribution in [-0.2, 0) is 0 Å². The molecule has 0 saturated heterocycles. The number of anilines is 1. The number of aryl methyl sites for hydroxylation is 2. The van der Waals surface area contributed by atoms with Crippen molar-refractivity contribution in [2.24, 2.45) is 0 Å². The average molecular weight is 300 g/mol. The molecule has 1 heterocycles. The summed E-state index contributed by atoms with van der Waals surface area (Å²) in [6.45, 7) is 5.97. The van der Waals surface area contributed by atoms with E-state index in [2.05, 4.69) is 18.0 Å². The van der Waals surface area contributed by atoms with Gasteiger partial charge in [-0.2, -0.15) is 5.26 Å². The zero-order chi connectivity index (χ0) is 15.6. The second kappa shape index (κ2) is 6.15. The molecule has 1 aromatic heterocycles. The molecule has 0 aliphatic rings. The number of pyridine rings is 1. The number of nitrogens with zero attached hydrogens (tertiary/aromatic N) is 3. The first-order valence-electron chi connectivity index (χ1n) is 6.80. The predicted molar refractivity (Wildman–Crippen MR) is 86.7 cm³/mol. The Bertz CT molecular complexity index is 686. The molecule has 2 rings (SSSR count). The SMILES string of the molecule is Cc1cc(C)c(C#N)c(N(C)C(C)c2ccc(Cl)cc2)n1. The van der Waals surface area contributed by atoms with Gasteiger partial charge < -0.3 is 4.90 Å². The molecule has 0 spiro atoms. The largest absolute Gasteiger partial charge is 0.352 e. The third-order valence-electron chi connectivity index (χ3n) is 3.70. The fourth-order valence-electron chi connectivity index (χ4n) is 2.36. The number of rotatable bonds is 3.